The fourth-order valence-corrected chi connectivity index (χ4v) is 4.95. The van der Waals surface area contributed by atoms with Crippen LogP contribution in [0.5, 0.6) is 0 Å². The van der Waals surface area contributed by atoms with Crippen LogP contribution in [-0.4, -0.2) is 44.3 Å². The van der Waals surface area contributed by atoms with E-state index in [9.17, 15) is 18.0 Å². The van der Waals surface area contributed by atoms with Gasteiger partial charge >= 0.3 is 5.97 Å². The van der Waals surface area contributed by atoms with Crippen LogP contribution in [0.25, 0.3) is 0 Å². The number of nitrogens with one attached hydrogen (secondary N) is 1. The van der Waals surface area contributed by atoms with Crippen LogP contribution in [0.3, 0.4) is 0 Å². The highest BCUT2D eigenvalue weighted by molar-refractivity contribution is 7.91. The number of carbonyl (C=O) groups excluding carboxylic acids is 2. The number of aryl methyl sites for hydroxylation is 1. The molecule has 0 aliphatic rings. The van der Waals surface area contributed by atoms with Crippen LogP contribution in [0, 0.1) is 6.92 Å². The number of amides is 1. The first-order chi connectivity index (χ1) is 13.6. The first-order valence-electron chi connectivity index (χ1n) is 9.15. The minimum absolute atomic E-state index is 0.0473. The van der Waals surface area contributed by atoms with E-state index in [1.54, 1.807) is 25.3 Å². The topological polar surface area (TPSA) is 92.8 Å². The van der Waals surface area contributed by atoms with Gasteiger partial charge in [0.15, 0.2) is 0 Å². The second-order valence-corrected chi connectivity index (χ2v) is 10.2. The van der Waals surface area contributed by atoms with Crippen LogP contribution in [-0.2, 0) is 24.3 Å². The Morgan fingerprint density at radius 3 is 2.38 bits per heavy atom. The van der Waals surface area contributed by atoms with Gasteiger partial charge in [-0.15, -0.1) is 11.3 Å². The Balaban J connectivity index is 2.11. The highest BCUT2D eigenvalue weighted by atomic mass is 32.2. The quantitative estimate of drug-likeness (QED) is 0.608. The molecule has 1 unspecified atom stereocenters. The molecule has 0 aliphatic carbocycles. The zero-order chi connectivity index (χ0) is 21.6. The zero-order valence-corrected chi connectivity index (χ0v) is 18.5. The highest BCUT2D eigenvalue weighted by Gasteiger charge is 2.26. The summed E-state index contributed by atoms with van der Waals surface area (Å²) in [5, 5.41) is 4.42. The SMILES string of the molecule is Cc1ccc(C(CC(=O)OC(C)C)NC(=O)CN(C)S(=O)(=O)c2cccs2)cc1. The number of thiophene rings is 1. The summed E-state index contributed by atoms with van der Waals surface area (Å²) in [4.78, 5) is 24.7. The van der Waals surface area contributed by atoms with Crippen molar-refractivity contribution in [1.29, 1.82) is 0 Å². The van der Waals surface area contributed by atoms with E-state index in [0.29, 0.717) is 0 Å². The van der Waals surface area contributed by atoms with Crippen molar-refractivity contribution in [3.63, 3.8) is 0 Å². The summed E-state index contributed by atoms with van der Waals surface area (Å²) in [7, 11) is -2.39. The van der Waals surface area contributed by atoms with E-state index in [-0.39, 0.29) is 23.3 Å². The molecule has 1 N–H and O–H groups in total. The Morgan fingerprint density at radius 2 is 1.83 bits per heavy atom. The van der Waals surface area contributed by atoms with Gasteiger partial charge in [0.25, 0.3) is 10.0 Å². The summed E-state index contributed by atoms with van der Waals surface area (Å²) in [6.07, 6.45) is -0.312. The highest BCUT2D eigenvalue weighted by Crippen LogP contribution is 2.21. The summed E-state index contributed by atoms with van der Waals surface area (Å²) in [6.45, 7) is 5.08. The molecule has 0 bridgehead atoms. The van der Waals surface area contributed by atoms with Crippen LogP contribution in [0.4, 0.5) is 0 Å². The lowest BCUT2D eigenvalue weighted by atomic mass is 10.0. The molecule has 0 spiro atoms. The lowest BCUT2D eigenvalue weighted by Crippen LogP contribution is -2.40. The zero-order valence-electron chi connectivity index (χ0n) is 16.9. The number of sulfonamides is 1. The Labute approximate surface area is 175 Å². The summed E-state index contributed by atoms with van der Waals surface area (Å²) >= 11 is 1.09. The number of carbonyl (C=O) groups is 2. The van der Waals surface area contributed by atoms with E-state index in [4.69, 9.17) is 4.74 Å². The number of rotatable bonds is 9. The predicted octanol–water partition coefficient (Wildman–Crippen LogP) is 2.88. The maximum absolute atomic E-state index is 12.6. The molecule has 7 nitrogen and oxygen atoms in total. The van der Waals surface area contributed by atoms with E-state index < -0.39 is 27.9 Å². The Hall–Kier alpha value is -2.23. The molecule has 0 saturated heterocycles. The van der Waals surface area contributed by atoms with E-state index >= 15 is 0 Å². The minimum atomic E-state index is -3.74. The summed E-state index contributed by atoms with van der Waals surface area (Å²) in [5.41, 5.74) is 1.79. The monoisotopic (exact) mass is 438 g/mol. The van der Waals surface area contributed by atoms with Crippen molar-refractivity contribution in [2.75, 3.05) is 13.6 Å². The molecule has 2 aromatic rings. The fraction of sp³-hybridized carbons (Fsp3) is 0.400. The molecule has 1 atom stereocenters. The van der Waals surface area contributed by atoms with E-state index in [1.807, 2.05) is 31.2 Å². The average molecular weight is 439 g/mol. The second-order valence-electron chi connectivity index (χ2n) is 6.97. The normalized spacial score (nSPS) is 12.8. The first kappa shape index (κ1) is 23.1. The lowest BCUT2D eigenvalue weighted by Gasteiger charge is -2.22. The second kappa shape index (κ2) is 10.00. The fourth-order valence-electron chi connectivity index (χ4n) is 2.62. The Morgan fingerprint density at radius 1 is 1.17 bits per heavy atom. The lowest BCUT2D eigenvalue weighted by molar-refractivity contribution is -0.148. The maximum atomic E-state index is 12.6. The molecular formula is C20H26N2O5S2. The third kappa shape index (κ3) is 6.66. The van der Waals surface area contributed by atoms with Gasteiger partial charge in [-0.25, -0.2) is 8.42 Å². The van der Waals surface area contributed by atoms with Crippen molar-refractivity contribution in [2.24, 2.45) is 0 Å². The molecule has 29 heavy (non-hydrogen) atoms. The van der Waals surface area contributed by atoms with Crippen LogP contribution in [0.2, 0.25) is 0 Å². The van der Waals surface area contributed by atoms with Gasteiger partial charge in [-0.2, -0.15) is 4.31 Å². The molecule has 0 saturated carbocycles. The summed E-state index contributed by atoms with van der Waals surface area (Å²) in [5.74, 6) is -0.944. The van der Waals surface area contributed by atoms with Gasteiger partial charge in [0.1, 0.15) is 4.21 Å². The molecular weight excluding hydrogens is 412 g/mol. The van der Waals surface area contributed by atoms with Crippen molar-refractivity contribution in [3.05, 3.63) is 52.9 Å². The largest absolute Gasteiger partial charge is 0.463 e. The molecule has 0 radical (unpaired) electrons. The molecule has 9 heteroatoms. The molecule has 0 fully saturated rings. The minimum Gasteiger partial charge on any atom is -0.463 e. The standard InChI is InChI=1S/C20H26N2O5S2/c1-14(2)27-19(24)12-17(16-9-7-15(3)8-10-16)21-18(23)13-22(4)29(25,26)20-6-5-11-28-20/h5-11,14,17H,12-13H2,1-4H3,(H,21,23). The molecule has 1 aromatic carbocycles. The van der Waals surface area contributed by atoms with Gasteiger partial charge in [-0.1, -0.05) is 35.9 Å². The molecule has 1 heterocycles. The average Bonchev–Trinajstić information content (AvgIpc) is 3.16. The molecule has 158 valence electrons. The number of hydrogen-bond acceptors (Lipinski definition) is 6. The van der Waals surface area contributed by atoms with Gasteiger partial charge in [-0.3, -0.25) is 9.59 Å². The van der Waals surface area contributed by atoms with E-state index in [2.05, 4.69) is 5.32 Å². The van der Waals surface area contributed by atoms with Crippen LogP contribution >= 0.6 is 11.3 Å². The van der Waals surface area contributed by atoms with Gasteiger partial charge in [-0.05, 0) is 37.8 Å². The van der Waals surface area contributed by atoms with Crippen LogP contribution in [0.1, 0.15) is 37.4 Å². The number of esters is 1. The summed E-state index contributed by atoms with van der Waals surface area (Å²) in [6, 6.07) is 9.94. The number of likely N-dealkylation sites (N-methyl/N-ethyl adjacent to an activating group) is 1. The van der Waals surface area contributed by atoms with E-state index in [1.165, 1.54) is 13.1 Å². The van der Waals surface area contributed by atoms with Gasteiger partial charge in [0.05, 0.1) is 25.1 Å². The number of ether oxygens (including phenoxy) is 1. The number of nitrogens with zero attached hydrogens (tertiary/aromatic N) is 1. The van der Waals surface area contributed by atoms with Crippen molar-refractivity contribution in [2.45, 2.75) is 43.5 Å². The number of benzene rings is 1. The van der Waals surface area contributed by atoms with Crippen molar-refractivity contribution in [1.82, 2.24) is 9.62 Å². The Bertz CT molecular complexity index is 922. The van der Waals surface area contributed by atoms with Gasteiger partial charge in [0.2, 0.25) is 5.91 Å². The van der Waals surface area contributed by atoms with Crippen LogP contribution in [0.15, 0.2) is 46.0 Å². The summed E-state index contributed by atoms with van der Waals surface area (Å²) < 4.78 is 31.4. The third-order valence-corrected chi connectivity index (χ3v) is 7.26. The smallest absolute Gasteiger partial charge is 0.308 e. The van der Waals surface area contributed by atoms with Crippen molar-refractivity contribution in [3.8, 4) is 0 Å². The van der Waals surface area contributed by atoms with Gasteiger partial charge in [0, 0.05) is 7.05 Å². The molecule has 1 aromatic heterocycles. The van der Waals surface area contributed by atoms with Gasteiger partial charge < -0.3 is 10.1 Å². The molecule has 2 rings (SSSR count). The molecule has 0 aliphatic heterocycles. The maximum Gasteiger partial charge on any atom is 0.308 e. The van der Waals surface area contributed by atoms with E-state index in [0.717, 1.165) is 26.8 Å². The third-order valence-electron chi connectivity index (χ3n) is 4.08. The molecule has 1 amide bonds. The predicted molar refractivity (Wildman–Crippen MR) is 112 cm³/mol. The van der Waals surface area contributed by atoms with Crippen molar-refractivity contribution < 1.29 is 22.7 Å². The van der Waals surface area contributed by atoms with Crippen LogP contribution < -0.4 is 5.32 Å². The number of hydrogen-bond donors (Lipinski definition) is 1. The van der Waals surface area contributed by atoms with Crippen molar-refractivity contribution >= 4 is 33.2 Å². The first-order valence-corrected chi connectivity index (χ1v) is 11.5. The Kier molecular flexibility index (Phi) is 7.95.